The molecule has 1 rings (SSSR count). The lowest BCUT2D eigenvalue weighted by Crippen LogP contribution is -2.34. The van der Waals surface area contributed by atoms with E-state index in [0.717, 1.165) is 18.6 Å². The molecule has 2 nitrogen and oxygen atoms in total. The summed E-state index contributed by atoms with van der Waals surface area (Å²) in [5, 5.41) is 3.18. The summed E-state index contributed by atoms with van der Waals surface area (Å²) >= 11 is 0. The summed E-state index contributed by atoms with van der Waals surface area (Å²) in [7, 11) is 0. The summed E-state index contributed by atoms with van der Waals surface area (Å²) in [6.07, 6.45) is 1.30. The van der Waals surface area contributed by atoms with Crippen LogP contribution >= 0.6 is 0 Å². The molecule has 0 fully saturated rings. The van der Waals surface area contributed by atoms with Crippen molar-refractivity contribution in [2.75, 3.05) is 13.1 Å². The average molecular weight is 269 g/mol. The number of halogens is 2. The van der Waals surface area contributed by atoms with Gasteiger partial charge in [0.1, 0.15) is 17.4 Å². The van der Waals surface area contributed by atoms with Crippen molar-refractivity contribution in [2.45, 2.75) is 39.0 Å². The fourth-order valence-electron chi connectivity index (χ4n) is 1.97. The fraction of sp³-hybridized carbons (Fsp3) is 0.533. The molecule has 0 radical (unpaired) electrons. The van der Waals surface area contributed by atoms with Gasteiger partial charge in [-0.2, -0.15) is 0 Å². The average Bonchev–Trinajstić information content (AvgIpc) is 2.31. The van der Waals surface area contributed by atoms with Gasteiger partial charge in [0.05, 0.1) is 0 Å². The summed E-state index contributed by atoms with van der Waals surface area (Å²) in [5.41, 5.74) is -0.130. The Kier molecular flexibility index (Phi) is 5.60. The maximum Gasteiger partial charge on any atom is 0.129 e. The molecular formula is C15H21F2NO. The first-order chi connectivity index (χ1) is 8.83. The topological polar surface area (TPSA) is 29.1 Å². The highest BCUT2D eigenvalue weighted by Crippen LogP contribution is 2.25. The molecule has 106 valence electrons. The largest absolute Gasteiger partial charge is 0.316 e. The first-order valence-corrected chi connectivity index (χ1v) is 6.48. The lowest BCUT2D eigenvalue weighted by molar-refractivity contribution is -0.117. The third kappa shape index (κ3) is 5.07. The molecule has 0 spiro atoms. The molecule has 0 aromatic heterocycles. The van der Waals surface area contributed by atoms with Gasteiger partial charge in [0.25, 0.3) is 0 Å². The first kappa shape index (κ1) is 15.8. The molecule has 1 aromatic carbocycles. The number of benzene rings is 1. The maximum atomic E-state index is 13.7. The second-order valence-corrected chi connectivity index (χ2v) is 5.49. The molecule has 0 heterocycles. The zero-order valence-corrected chi connectivity index (χ0v) is 11.7. The highest BCUT2D eigenvalue weighted by atomic mass is 19.1. The molecule has 0 aliphatic rings. The van der Waals surface area contributed by atoms with Crippen LogP contribution in [-0.4, -0.2) is 18.9 Å². The Balaban J connectivity index is 2.55. The standard InChI is InChI=1S/C15H21F2NO/c1-11(19)5-4-8-18-10-15(2,3)13-9-12(16)6-7-14(13)17/h6-7,9,18H,4-5,8,10H2,1-3H3. The van der Waals surface area contributed by atoms with Gasteiger partial charge < -0.3 is 10.1 Å². The molecule has 4 heteroatoms. The van der Waals surface area contributed by atoms with E-state index in [4.69, 9.17) is 0 Å². The summed E-state index contributed by atoms with van der Waals surface area (Å²) in [6, 6.07) is 3.52. The first-order valence-electron chi connectivity index (χ1n) is 6.48. The molecule has 0 aliphatic heterocycles. The van der Waals surface area contributed by atoms with Crippen LogP contribution in [-0.2, 0) is 10.2 Å². The second-order valence-electron chi connectivity index (χ2n) is 5.49. The van der Waals surface area contributed by atoms with Crippen molar-refractivity contribution in [3.63, 3.8) is 0 Å². The van der Waals surface area contributed by atoms with Crippen molar-refractivity contribution in [2.24, 2.45) is 0 Å². The van der Waals surface area contributed by atoms with E-state index in [9.17, 15) is 13.6 Å². The van der Waals surface area contributed by atoms with E-state index in [0.29, 0.717) is 25.1 Å². The quantitative estimate of drug-likeness (QED) is 0.770. The molecule has 0 aliphatic carbocycles. The predicted molar refractivity (Wildman–Crippen MR) is 72.2 cm³/mol. The van der Waals surface area contributed by atoms with Gasteiger partial charge in [0.2, 0.25) is 0 Å². The van der Waals surface area contributed by atoms with Gasteiger partial charge in [-0.25, -0.2) is 8.78 Å². The van der Waals surface area contributed by atoms with Gasteiger partial charge in [0, 0.05) is 18.4 Å². The molecular weight excluding hydrogens is 248 g/mol. The van der Waals surface area contributed by atoms with Crippen LogP contribution in [0.25, 0.3) is 0 Å². The predicted octanol–water partition coefficient (Wildman–Crippen LogP) is 3.20. The third-order valence-corrected chi connectivity index (χ3v) is 3.11. The monoisotopic (exact) mass is 269 g/mol. The Morgan fingerprint density at radius 3 is 2.63 bits per heavy atom. The van der Waals surface area contributed by atoms with E-state index in [2.05, 4.69) is 5.32 Å². The number of rotatable bonds is 7. The summed E-state index contributed by atoms with van der Waals surface area (Å²) in [5.74, 6) is -0.657. The minimum atomic E-state index is -0.498. The molecule has 0 saturated heterocycles. The van der Waals surface area contributed by atoms with Crippen LogP contribution in [0.5, 0.6) is 0 Å². The Bertz CT molecular complexity index is 444. The number of carbonyl (C=O) groups excluding carboxylic acids is 1. The van der Waals surface area contributed by atoms with Crippen LogP contribution in [0, 0.1) is 11.6 Å². The Hall–Kier alpha value is -1.29. The number of nitrogens with one attached hydrogen (secondary N) is 1. The fourth-order valence-corrected chi connectivity index (χ4v) is 1.97. The Labute approximate surface area is 113 Å². The van der Waals surface area contributed by atoms with Crippen molar-refractivity contribution in [3.8, 4) is 0 Å². The minimum Gasteiger partial charge on any atom is -0.316 e. The molecule has 0 amide bonds. The zero-order valence-electron chi connectivity index (χ0n) is 11.7. The van der Waals surface area contributed by atoms with Crippen LogP contribution in [0.3, 0.4) is 0 Å². The normalized spacial score (nSPS) is 11.6. The maximum absolute atomic E-state index is 13.7. The van der Waals surface area contributed by atoms with Gasteiger partial charge >= 0.3 is 0 Å². The number of carbonyl (C=O) groups is 1. The molecule has 0 bridgehead atoms. The number of hydrogen-bond acceptors (Lipinski definition) is 2. The third-order valence-electron chi connectivity index (χ3n) is 3.11. The van der Waals surface area contributed by atoms with Gasteiger partial charge in [-0.1, -0.05) is 13.8 Å². The molecule has 1 aromatic rings. The van der Waals surface area contributed by atoms with Crippen LogP contribution in [0.15, 0.2) is 18.2 Å². The van der Waals surface area contributed by atoms with Crippen molar-refractivity contribution in [1.82, 2.24) is 5.32 Å². The van der Waals surface area contributed by atoms with E-state index in [1.54, 1.807) is 6.92 Å². The van der Waals surface area contributed by atoms with E-state index in [-0.39, 0.29) is 5.78 Å². The Morgan fingerprint density at radius 1 is 1.32 bits per heavy atom. The van der Waals surface area contributed by atoms with E-state index < -0.39 is 17.0 Å². The number of Topliss-reactive ketones (excluding diaryl/α,β-unsaturated/α-hetero) is 1. The highest BCUT2D eigenvalue weighted by molar-refractivity contribution is 5.75. The SMILES string of the molecule is CC(=O)CCCNCC(C)(C)c1cc(F)ccc1F. The summed E-state index contributed by atoms with van der Waals surface area (Å²) < 4.78 is 26.9. The van der Waals surface area contributed by atoms with E-state index in [1.165, 1.54) is 6.07 Å². The van der Waals surface area contributed by atoms with Crippen LogP contribution in [0.2, 0.25) is 0 Å². The van der Waals surface area contributed by atoms with Gasteiger partial charge in [-0.05, 0) is 43.7 Å². The number of hydrogen-bond donors (Lipinski definition) is 1. The smallest absolute Gasteiger partial charge is 0.129 e. The summed E-state index contributed by atoms with van der Waals surface area (Å²) in [6.45, 7) is 6.52. The van der Waals surface area contributed by atoms with Gasteiger partial charge in [-0.15, -0.1) is 0 Å². The van der Waals surface area contributed by atoms with Gasteiger partial charge in [0.15, 0.2) is 0 Å². The minimum absolute atomic E-state index is 0.164. The van der Waals surface area contributed by atoms with Crippen molar-refractivity contribution in [1.29, 1.82) is 0 Å². The van der Waals surface area contributed by atoms with Crippen molar-refractivity contribution in [3.05, 3.63) is 35.4 Å². The highest BCUT2D eigenvalue weighted by Gasteiger charge is 2.24. The van der Waals surface area contributed by atoms with Crippen LogP contribution < -0.4 is 5.32 Å². The van der Waals surface area contributed by atoms with Crippen LogP contribution in [0.1, 0.15) is 39.2 Å². The lowest BCUT2D eigenvalue weighted by atomic mass is 9.84. The van der Waals surface area contributed by atoms with E-state index >= 15 is 0 Å². The Morgan fingerprint density at radius 2 is 2.00 bits per heavy atom. The number of ketones is 1. The molecule has 0 unspecified atom stereocenters. The second kappa shape index (κ2) is 6.75. The van der Waals surface area contributed by atoms with Gasteiger partial charge in [-0.3, -0.25) is 0 Å². The molecule has 19 heavy (non-hydrogen) atoms. The van der Waals surface area contributed by atoms with Crippen molar-refractivity contribution >= 4 is 5.78 Å². The van der Waals surface area contributed by atoms with E-state index in [1.807, 2.05) is 13.8 Å². The van der Waals surface area contributed by atoms with Crippen LogP contribution in [0.4, 0.5) is 8.78 Å². The molecule has 1 N–H and O–H groups in total. The van der Waals surface area contributed by atoms with Crippen molar-refractivity contribution < 1.29 is 13.6 Å². The zero-order chi connectivity index (χ0) is 14.5. The lowest BCUT2D eigenvalue weighted by Gasteiger charge is -2.26. The molecule has 0 atom stereocenters. The summed E-state index contributed by atoms with van der Waals surface area (Å²) in [4.78, 5) is 10.8. The molecule has 0 saturated carbocycles.